The van der Waals surface area contributed by atoms with Crippen molar-refractivity contribution < 1.29 is 23.0 Å². The van der Waals surface area contributed by atoms with Gasteiger partial charge < -0.3 is 14.7 Å². The molecule has 8 heteroatoms. The Morgan fingerprint density at radius 3 is 2.43 bits per heavy atom. The van der Waals surface area contributed by atoms with E-state index in [4.69, 9.17) is 16.3 Å². The van der Waals surface area contributed by atoms with Crippen molar-refractivity contribution in [2.75, 3.05) is 44.2 Å². The fourth-order valence-electron chi connectivity index (χ4n) is 3.17. The predicted molar refractivity (Wildman–Crippen MR) is 103 cm³/mol. The minimum atomic E-state index is -4.34. The third-order valence-electron chi connectivity index (χ3n) is 4.65. The molecule has 1 aliphatic heterocycles. The number of aliphatic hydroxyl groups is 1. The first-order chi connectivity index (χ1) is 13.3. The number of para-hydroxylation sites is 1. The molecule has 0 aromatic heterocycles. The van der Waals surface area contributed by atoms with E-state index >= 15 is 0 Å². The summed E-state index contributed by atoms with van der Waals surface area (Å²) in [6, 6.07) is 12.4. The number of β-amino-alcohol motifs (C(OH)–C–C–N with tert-alkyl or cyclic N) is 1. The number of halogens is 4. The van der Waals surface area contributed by atoms with Crippen LogP contribution in [-0.2, 0) is 6.18 Å². The molecule has 0 aliphatic carbocycles. The summed E-state index contributed by atoms with van der Waals surface area (Å²) in [5, 5.41) is 10.7. The van der Waals surface area contributed by atoms with Gasteiger partial charge in [0.25, 0.3) is 0 Å². The van der Waals surface area contributed by atoms with Crippen molar-refractivity contribution in [1.29, 1.82) is 0 Å². The molecule has 152 valence electrons. The van der Waals surface area contributed by atoms with E-state index < -0.39 is 17.8 Å². The van der Waals surface area contributed by atoms with E-state index in [2.05, 4.69) is 4.90 Å². The lowest BCUT2D eigenvalue weighted by molar-refractivity contribution is -0.137. The number of aliphatic hydroxyl groups excluding tert-OH is 1. The molecule has 1 saturated heterocycles. The molecule has 1 aliphatic rings. The largest absolute Gasteiger partial charge is 0.489 e. The molecule has 3 rings (SSSR count). The molecule has 4 nitrogen and oxygen atoms in total. The molecule has 0 saturated carbocycles. The molecule has 2 aromatic carbocycles. The Morgan fingerprint density at radius 2 is 1.75 bits per heavy atom. The van der Waals surface area contributed by atoms with Gasteiger partial charge in [0.1, 0.15) is 18.5 Å². The van der Waals surface area contributed by atoms with Gasteiger partial charge in [-0.05, 0) is 30.3 Å². The molecule has 0 amide bonds. The molecule has 1 N–H and O–H groups in total. The van der Waals surface area contributed by atoms with Crippen LogP contribution in [0.4, 0.5) is 18.9 Å². The van der Waals surface area contributed by atoms with Gasteiger partial charge in [-0.3, -0.25) is 4.90 Å². The van der Waals surface area contributed by atoms with Gasteiger partial charge in [0.2, 0.25) is 0 Å². The highest BCUT2D eigenvalue weighted by Crippen LogP contribution is 2.32. The maximum atomic E-state index is 12.9. The lowest BCUT2D eigenvalue weighted by Crippen LogP contribution is -2.49. The molecule has 1 atom stereocenters. The second-order valence-corrected chi connectivity index (χ2v) is 7.14. The first-order valence-electron chi connectivity index (χ1n) is 9.03. The van der Waals surface area contributed by atoms with Crippen molar-refractivity contribution in [3.8, 4) is 5.75 Å². The average molecular weight is 415 g/mol. The van der Waals surface area contributed by atoms with Crippen LogP contribution < -0.4 is 9.64 Å². The van der Waals surface area contributed by atoms with E-state index in [1.807, 2.05) is 4.90 Å². The Labute approximate surface area is 167 Å². The van der Waals surface area contributed by atoms with Gasteiger partial charge >= 0.3 is 6.18 Å². The Bertz CT molecular complexity index is 780. The highest BCUT2D eigenvalue weighted by Gasteiger charge is 2.31. The maximum absolute atomic E-state index is 12.9. The van der Waals surface area contributed by atoms with Gasteiger partial charge in [-0.25, -0.2) is 0 Å². The second-order valence-electron chi connectivity index (χ2n) is 6.73. The molecular weight excluding hydrogens is 393 g/mol. The smallest absolute Gasteiger partial charge is 0.416 e. The van der Waals surface area contributed by atoms with E-state index in [-0.39, 0.29) is 6.61 Å². The average Bonchev–Trinajstić information content (AvgIpc) is 2.67. The van der Waals surface area contributed by atoms with Gasteiger partial charge in [0.05, 0.1) is 10.6 Å². The van der Waals surface area contributed by atoms with E-state index in [0.717, 1.165) is 6.07 Å². The fourth-order valence-corrected chi connectivity index (χ4v) is 3.36. The number of anilines is 1. The standard InChI is InChI=1S/C20H22ClF3N2O2/c21-18-6-1-2-7-19(18)28-14-17(27)13-25-8-10-26(11-9-25)16-5-3-4-15(12-16)20(22,23)24/h1-7,12,17,27H,8-11,13-14H2/t17-/m0/s1. The zero-order valence-corrected chi connectivity index (χ0v) is 16.0. The number of benzene rings is 2. The van der Waals surface area contributed by atoms with Crippen molar-refractivity contribution >= 4 is 17.3 Å². The van der Waals surface area contributed by atoms with Gasteiger partial charge in [-0.15, -0.1) is 0 Å². The number of hydrogen-bond donors (Lipinski definition) is 1. The molecule has 1 fully saturated rings. The fraction of sp³-hybridized carbons (Fsp3) is 0.400. The van der Waals surface area contributed by atoms with E-state index in [0.29, 0.717) is 49.2 Å². The van der Waals surface area contributed by atoms with Gasteiger partial charge in [0.15, 0.2) is 0 Å². The van der Waals surface area contributed by atoms with Crippen LogP contribution >= 0.6 is 11.6 Å². The highest BCUT2D eigenvalue weighted by atomic mass is 35.5. The van der Waals surface area contributed by atoms with Crippen LogP contribution in [0.15, 0.2) is 48.5 Å². The SMILES string of the molecule is O[C@H](COc1ccccc1Cl)CN1CCN(c2cccc(C(F)(F)F)c2)CC1. The van der Waals surface area contributed by atoms with Crippen molar-refractivity contribution in [1.82, 2.24) is 4.90 Å². The third kappa shape index (κ3) is 5.53. The quantitative estimate of drug-likeness (QED) is 0.777. The zero-order valence-electron chi connectivity index (χ0n) is 15.2. The predicted octanol–water partition coefficient (Wildman–Crippen LogP) is 3.92. The Balaban J connectivity index is 1.47. The lowest BCUT2D eigenvalue weighted by atomic mass is 10.1. The number of alkyl halides is 3. The zero-order chi connectivity index (χ0) is 20.1. The summed E-state index contributed by atoms with van der Waals surface area (Å²) in [7, 11) is 0. The third-order valence-corrected chi connectivity index (χ3v) is 4.96. The molecule has 1 heterocycles. The van der Waals surface area contributed by atoms with Crippen LogP contribution in [0.5, 0.6) is 5.75 Å². The van der Waals surface area contributed by atoms with Crippen LogP contribution in [0.2, 0.25) is 5.02 Å². The Hall–Kier alpha value is -1.96. The first kappa shape index (κ1) is 20.8. The number of ether oxygens (including phenoxy) is 1. The first-order valence-corrected chi connectivity index (χ1v) is 9.40. The monoisotopic (exact) mass is 414 g/mol. The van der Waals surface area contributed by atoms with Crippen molar-refractivity contribution in [2.24, 2.45) is 0 Å². The summed E-state index contributed by atoms with van der Waals surface area (Å²) in [5.74, 6) is 0.526. The number of hydrogen-bond acceptors (Lipinski definition) is 4. The summed E-state index contributed by atoms with van der Waals surface area (Å²) in [6.07, 6.45) is -5.03. The highest BCUT2D eigenvalue weighted by molar-refractivity contribution is 6.32. The molecule has 0 radical (unpaired) electrons. The van der Waals surface area contributed by atoms with E-state index in [1.165, 1.54) is 12.1 Å². The normalized spacial score (nSPS) is 16.8. The summed E-state index contributed by atoms with van der Waals surface area (Å²) in [5.41, 5.74) is -0.0725. The van der Waals surface area contributed by atoms with Crippen molar-refractivity contribution in [2.45, 2.75) is 12.3 Å². The summed E-state index contributed by atoms with van der Waals surface area (Å²) < 4.78 is 44.2. The molecular formula is C20H22ClF3N2O2. The van der Waals surface area contributed by atoms with Gasteiger partial charge in [-0.1, -0.05) is 29.8 Å². The van der Waals surface area contributed by atoms with Crippen molar-refractivity contribution in [3.63, 3.8) is 0 Å². The summed E-state index contributed by atoms with van der Waals surface area (Å²) >= 11 is 6.02. The molecule has 28 heavy (non-hydrogen) atoms. The van der Waals surface area contributed by atoms with Crippen molar-refractivity contribution in [3.05, 3.63) is 59.1 Å². The molecule has 0 spiro atoms. The molecule has 0 bridgehead atoms. The van der Waals surface area contributed by atoms with Crippen LogP contribution in [0, 0.1) is 0 Å². The van der Waals surface area contributed by atoms with Crippen LogP contribution in [-0.4, -0.2) is 55.4 Å². The minimum absolute atomic E-state index is 0.123. The lowest BCUT2D eigenvalue weighted by Gasteiger charge is -2.37. The number of piperazine rings is 1. The van der Waals surface area contributed by atoms with Crippen LogP contribution in [0.1, 0.15) is 5.56 Å². The topological polar surface area (TPSA) is 35.9 Å². The maximum Gasteiger partial charge on any atom is 0.416 e. The van der Waals surface area contributed by atoms with E-state index in [9.17, 15) is 18.3 Å². The Kier molecular flexibility index (Phi) is 6.69. The molecule has 0 unspecified atom stereocenters. The molecule has 2 aromatic rings. The number of rotatable bonds is 6. The van der Waals surface area contributed by atoms with Gasteiger partial charge in [0, 0.05) is 38.4 Å². The number of nitrogens with zero attached hydrogens (tertiary/aromatic N) is 2. The summed E-state index contributed by atoms with van der Waals surface area (Å²) in [4.78, 5) is 4.00. The van der Waals surface area contributed by atoms with Crippen LogP contribution in [0.3, 0.4) is 0 Å². The van der Waals surface area contributed by atoms with E-state index in [1.54, 1.807) is 30.3 Å². The minimum Gasteiger partial charge on any atom is -0.489 e. The second kappa shape index (κ2) is 9.03. The Morgan fingerprint density at radius 1 is 1.04 bits per heavy atom. The summed E-state index contributed by atoms with van der Waals surface area (Å²) in [6.45, 7) is 3.05. The van der Waals surface area contributed by atoms with Gasteiger partial charge in [-0.2, -0.15) is 13.2 Å². The van der Waals surface area contributed by atoms with Crippen LogP contribution in [0.25, 0.3) is 0 Å².